The van der Waals surface area contributed by atoms with Crippen LogP contribution in [0.1, 0.15) is 19.3 Å². The quantitative estimate of drug-likeness (QED) is 0.818. The SMILES string of the molecule is COCCN1CCN(C(=O)C2C3CCC(C3)C2N)CC1.Cl.Cl. The van der Waals surface area contributed by atoms with E-state index in [4.69, 9.17) is 10.5 Å². The van der Waals surface area contributed by atoms with E-state index >= 15 is 0 Å². The monoisotopic (exact) mass is 353 g/mol. The lowest BCUT2D eigenvalue weighted by atomic mass is 9.84. The maximum absolute atomic E-state index is 12.7. The molecule has 0 aromatic carbocycles. The molecule has 0 aromatic heterocycles. The molecule has 2 bridgehead atoms. The van der Waals surface area contributed by atoms with Gasteiger partial charge >= 0.3 is 0 Å². The molecule has 2 saturated carbocycles. The molecule has 0 spiro atoms. The highest BCUT2D eigenvalue weighted by Gasteiger charge is 2.50. The number of piperazine rings is 1. The highest BCUT2D eigenvalue weighted by atomic mass is 35.5. The molecule has 1 saturated heterocycles. The molecule has 5 nitrogen and oxygen atoms in total. The zero-order valence-corrected chi connectivity index (χ0v) is 14.9. The third-order valence-corrected chi connectivity index (χ3v) is 5.56. The summed E-state index contributed by atoms with van der Waals surface area (Å²) in [7, 11) is 1.73. The van der Waals surface area contributed by atoms with Crippen molar-refractivity contribution in [2.45, 2.75) is 25.3 Å². The Balaban J connectivity index is 0.00000121. The second-order valence-electron chi connectivity index (χ2n) is 6.60. The van der Waals surface area contributed by atoms with Gasteiger partial charge in [-0.25, -0.2) is 0 Å². The molecular weight excluding hydrogens is 325 g/mol. The minimum atomic E-state index is 0. The summed E-state index contributed by atoms with van der Waals surface area (Å²) in [5, 5.41) is 0. The van der Waals surface area contributed by atoms with Crippen molar-refractivity contribution in [1.29, 1.82) is 0 Å². The minimum absolute atomic E-state index is 0. The van der Waals surface area contributed by atoms with Crippen molar-refractivity contribution in [3.05, 3.63) is 0 Å². The zero-order valence-electron chi connectivity index (χ0n) is 13.3. The van der Waals surface area contributed by atoms with Crippen molar-refractivity contribution in [3.63, 3.8) is 0 Å². The Hall–Kier alpha value is -0.0700. The second kappa shape index (κ2) is 8.69. The van der Waals surface area contributed by atoms with E-state index in [0.29, 0.717) is 17.7 Å². The number of halogens is 2. The van der Waals surface area contributed by atoms with Crippen LogP contribution in [0.25, 0.3) is 0 Å². The summed E-state index contributed by atoms with van der Waals surface area (Å²) in [5.41, 5.74) is 6.29. The normalized spacial score (nSPS) is 34.2. The standard InChI is InChI=1S/C15H27N3O2.2ClH/c1-20-9-8-17-4-6-18(7-5-17)15(19)13-11-2-3-12(10-11)14(13)16;;/h11-14H,2-10,16H2,1H3;2*1H. The van der Waals surface area contributed by atoms with Crippen LogP contribution in [0.4, 0.5) is 0 Å². The van der Waals surface area contributed by atoms with Crippen LogP contribution in [-0.4, -0.2) is 68.2 Å². The number of amides is 1. The molecule has 3 rings (SSSR count). The van der Waals surface area contributed by atoms with Gasteiger partial charge in [-0.15, -0.1) is 24.8 Å². The van der Waals surface area contributed by atoms with Gasteiger partial charge in [0.05, 0.1) is 12.5 Å². The van der Waals surface area contributed by atoms with Gasteiger partial charge in [0.15, 0.2) is 0 Å². The van der Waals surface area contributed by atoms with Crippen LogP contribution in [0.3, 0.4) is 0 Å². The second-order valence-corrected chi connectivity index (χ2v) is 6.60. The van der Waals surface area contributed by atoms with Crippen molar-refractivity contribution >= 4 is 30.7 Å². The molecule has 3 fully saturated rings. The van der Waals surface area contributed by atoms with Crippen molar-refractivity contribution in [1.82, 2.24) is 9.80 Å². The van der Waals surface area contributed by atoms with Gasteiger partial charge < -0.3 is 15.4 Å². The topological polar surface area (TPSA) is 58.8 Å². The van der Waals surface area contributed by atoms with Crippen molar-refractivity contribution in [2.24, 2.45) is 23.5 Å². The number of fused-ring (bicyclic) bond motifs is 2. The van der Waals surface area contributed by atoms with Crippen LogP contribution in [0.5, 0.6) is 0 Å². The average Bonchev–Trinajstić information content (AvgIpc) is 3.06. The van der Waals surface area contributed by atoms with Crippen LogP contribution < -0.4 is 5.73 Å². The first-order valence-electron chi connectivity index (χ1n) is 7.96. The van der Waals surface area contributed by atoms with Gasteiger partial charge in [0, 0.05) is 45.9 Å². The Morgan fingerprint density at radius 1 is 1.14 bits per heavy atom. The van der Waals surface area contributed by atoms with Gasteiger partial charge in [0.25, 0.3) is 0 Å². The van der Waals surface area contributed by atoms with Gasteiger partial charge in [-0.1, -0.05) is 0 Å². The molecule has 2 N–H and O–H groups in total. The number of hydrogen-bond acceptors (Lipinski definition) is 4. The molecule has 22 heavy (non-hydrogen) atoms. The van der Waals surface area contributed by atoms with E-state index in [-0.39, 0.29) is 36.8 Å². The molecule has 1 heterocycles. The van der Waals surface area contributed by atoms with Gasteiger partial charge in [0.1, 0.15) is 0 Å². The lowest BCUT2D eigenvalue weighted by molar-refractivity contribution is -0.139. The van der Waals surface area contributed by atoms with Gasteiger partial charge in [-0.2, -0.15) is 0 Å². The van der Waals surface area contributed by atoms with Crippen molar-refractivity contribution in [3.8, 4) is 0 Å². The first-order valence-corrected chi connectivity index (χ1v) is 7.96. The summed E-state index contributed by atoms with van der Waals surface area (Å²) in [6, 6.07) is 0.118. The zero-order chi connectivity index (χ0) is 14.1. The molecule has 0 aromatic rings. The highest BCUT2D eigenvalue weighted by Crippen LogP contribution is 2.48. The predicted molar refractivity (Wildman–Crippen MR) is 91.7 cm³/mol. The van der Waals surface area contributed by atoms with Crippen LogP contribution in [0.15, 0.2) is 0 Å². The third-order valence-electron chi connectivity index (χ3n) is 5.56. The Kier molecular flexibility index (Phi) is 7.89. The predicted octanol–water partition coefficient (Wildman–Crippen LogP) is 0.994. The van der Waals surface area contributed by atoms with Crippen LogP contribution in [0.2, 0.25) is 0 Å². The Morgan fingerprint density at radius 3 is 2.32 bits per heavy atom. The number of methoxy groups -OCH3 is 1. The Labute approximate surface area is 145 Å². The summed E-state index contributed by atoms with van der Waals surface area (Å²) in [4.78, 5) is 17.1. The maximum Gasteiger partial charge on any atom is 0.227 e. The molecule has 3 aliphatic rings. The molecule has 1 amide bonds. The lowest BCUT2D eigenvalue weighted by Gasteiger charge is -2.38. The molecule has 1 aliphatic heterocycles. The molecule has 2 aliphatic carbocycles. The van der Waals surface area contributed by atoms with Crippen LogP contribution in [0, 0.1) is 17.8 Å². The van der Waals surface area contributed by atoms with Gasteiger partial charge in [-0.05, 0) is 31.1 Å². The fourth-order valence-electron chi connectivity index (χ4n) is 4.33. The summed E-state index contributed by atoms with van der Waals surface area (Å²) in [5.74, 6) is 1.61. The molecule has 130 valence electrons. The summed E-state index contributed by atoms with van der Waals surface area (Å²) >= 11 is 0. The third kappa shape index (κ3) is 3.88. The van der Waals surface area contributed by atoms with Crippen molar-refractivity contribution < 1.29 is 9.53 Å². The largest absolute Gasteiger partial charge is 0.383 e. The summed E-state index contributed by atoms with van der Waals surface area (Å²) < 4.78 is 5.11. The number of hydrogen-bond donors (Lipinski definition) is 1. The highest BCUT2D eigenvalue weighted by molar-refractivity contribution is 5.85. The summed E-state index contributed by atoms with van der Waals surface area (Å²) in [6.07, 6.45) is 3.63. The smallest absolute Gasteiger partial charge is 0.227 e. The Bertz CT molecular complexity index is 363. The number of nitrogens with two attached hydrogens (primary N) is 1. The molecule has 4 unspecified atom stereocenters. The van der Waals surface area contributed by atoms with E-state index in [2.05, 4.69) is 9.80 Å². The van der Waals surface area contributed by atoms with E-state index < -0.39 is 0 Å². The van der Waals surface area contributed by atoms with Crippen LogP contribution in [-0.2, 0) is 9.53 Å². The fraction of sp³-hybridized carbons (Fsp3) is 0.933. The fourth-order valence-corrected chi connectivity index (χ4v) is 4.33. The van der Waals surface area contributed by atoms with E-state index in [1.54, 1.807) is 7.11 Å². The van der Waals surface area contributed by atoms with E-state index in [0.717, 1.165) is 39.3 Å². The molecule has 7 heteroatoms. The number of carbonyl (C=O) groups is 1. The maximum atomic E-state index is 12.7. The van der Waals surface area contributed by atoms with Gasteiger partial charge in [0.2, 0.25) is 5.91 Å². The van der Waals surface area contributed by atoms with Crippen molar-refractivity contribution in [2.75, 3.05) is 46.4 Å². The Morgan fingerprint density at radius 2 is 1.77 bits per heavy atom. The first-order chi connectivity index (χ1) is 9.70. The van der Waals surface area contributed by atoms with E-state index in [1.807, 2.05) is 0 Å². The molecule has 0 radical (unpaired) electrons. The number of nitrogens with zero attached hydrogens (tertiary/aromatic N) is 2. The van der Waals surface area contributed by atoms with E-state index in [1.165, 1.54) is 19.3 Å². The van der Waals surface area contributed by atoms with Crippen LogP contribution >= 0.6 is 24.8 Å². The summed E-state index contributed by atoms with van der Waals surface area (Å²) in [6.45, 7) is 5.36. The minimum Gasteiger partial charge on any atom is -0.383 e. The number of rotatable bonds is 4. The lowest BCUT2D eigenvalue weighted by Crippen LogP contribution is -2.54. The first kappa shape index (κ1) is 20.0. The molecular formula is C15H29Cl2N3O2. The number of carbonyl (C=O) groups excluding carboxylic acids is 1. The average molecular weight is 354 g/mol. The van der Waals surface area contributed by atoms with E-state index in [9.17, 15) is 4.79 Å². The molecule has 4 atom stereocenters. The number of ether oxygens (including phenoxy) is 1. The van der Waals surface area contributed by atoms with Gasteiger partial charge in [-0.3, -0.25) is 9.69 Å².